The lowest BCUT2D eigenvalue weighted by atomic mass is 10.1. The van der Waals surface area contributed by atoms with Gasteiger partial charge in [0.25, 0.3) is 10.0 Å². The number of sulfonamides is 1. The van der Waals surface area contributed by atoms with E-state index in [0.717, 1.165) is 9.87 Å². The van der Waals surface area contributed by atoms with Crippen LogP contribution in [0.25, 0.3) is 0 Å². The van der Waals surface area contributed by atoms with E-state index in [0.29, 0.717) is 18.7 Å². The zero-order valence-corrected chi connectivity index (χ0v) is 25.8. The number of carbonyl (C=O) groups excluding carboxylic acids is 2. The standard InChI is InChI=1S/C30H35Cl2N3O5S/c1-5-27(30(37)33-18-21(2)3)34(19-22-11-14-24(40-4)15-12-22)29(36)20-35(28-17-23(31)13-16-26(28)32)41(38,39)25-9-7-6-8-10-25/h6-17,21,27H,5,18-20H2,1-4H3,(H,33,37)/t27-/m1/s1. The third-order valence-corrected chi connectivity index (χ3v) is 8.70. The number of anilines is 1. The first kappa shape index (κ1) is 32.2. The number of carbonyl (C=O) groups is 2. The normalized spacial score (nSPS) is 12.1. The van der Waals surface area contributed by atoms with E-state index >= 15 is 0 Å². The highest BCUT2D eigenvalue weighted by atomic mass is 35.5. The Labute approximate surface area is 252 Å². The molecule has 0 bridgehead atoms. The Hall–Kier alpha value is -3.27. The molecule has 1 N–H and O–H groups in total. The van der Waals surface area contributed by atoms with Crippen LogP contribution in [0.4, 0.5) is 5.69 Å². The van der Waals surface area contributed by atoms with Crippen molar-refractivity contribution in [3.8, 4) is 5.75 Å². The topological polar surface area (TPSA) is 96.0 Å². The van der Waals surface area contributed by atoms with E-state index in [1.165, 1.54) is 35.2 Å². The lowest BCUT2D eigenvalue weighted by Gasteiger charge is -2.33. The second kappa shape index (κ2) is 14.6. The van der Waals surface area contributed by atoms with E-state index in [-0.39, 0.29) is 39.0 Å². The fraction of sp³-hybridized carbons (Fsp3) is 0.333. The van der Waals surface area contributed by atoms with E-state index in [1.807, 2.05) is 13.8 Å². The molecule has 8 nitrogen and oxygen atoms in total. The number of benzene rings is 3. The fourth-order valence-corrected chi connectivity index (χ4v) is 6.06. The first-order valence-electron chi connectivity index (χ1n) is 13.2. The van der Waals surface area contributed by atoms with E-state index in [2.05, 4.69) is 5.32 Å². The SMILES string of the molecule is CC[C@H](C(=O)NCC(C)C)N(Cc1ccc(OC)cc1)C(=O)CN(c1cc(Cl)ccc1Cl)S(=O)(=O)c1ccccc1. The van der Waals surface area contributed by atoms with Crippen LogP contribution in [0.3, 0.4) is 0 Å². The number of nitrogens with one attached hydrogen (secondary N) is 1. The van der Waals surface area contributed by atoms with Gasteiger partial charge in [0.2, 0.25) is 11.8 Å². The molecule has 41 heavy (non-hydrogen) atoms. The van der Waals surface area contributed by atoms with Crippen molar-refractivity contribution in [3.05, 3.63) is 88.4 Å². The van der Waals surface area contributed by atoms with Gasteiger partial charge in [-0.3, -0.25) is 13.9 Å². The molecule has 0 saturated heterocycles. The highest BCUT2D eigenvalue weighted by molar-refractivity contribution is 7.92. The van der Waals surface area contributed by atoms with Crippen molar-refractivity contribution in [2.75, 3.05) is 24.5 Å². The number of ether oxygens (including phenoxy) is 1. The molecule has 3 rings (SSSR count). The van der Waals surface area contributed by atoms with Crippen LogP contribution < -0.4 is 14.4 Å². The maximum absolute atomic E-state index is 14.1. The molecule has 0 fully saturated rings. The number of hydrogen-bond acceptors (Lipinski definition) is 5. The Bertz CT molecular complexity index is 1430. The van der Waals surface area contributed by atoms with Crippen LogP contribution >= 0.6 is 23.2 Å². The molecule has 0 saturated carbocycles. The highest BCUT2D eigenvalue weighted by Crippen LogP contribution is 2.33. The van der Waals surface area contributed by atoms with Crippen molar-refractivity contribution in [1.82, 2.24) is 10.2 Å². The number of amides is 2. The first-order chi connectivity index (χ1) is 19.5. The van der Waals surface area contributed by atoms with Crippen molar-refractivity contribution in [2.24, 2.45) is 5.92 Å². The van der Waals surface area contributed by atoms with Crippen LogP contribution in [0, 0.1) is 5.92 Å². The maximum atomic E-state index is 14.1. The predicted molar refractivity (Wildman–Crippen MR) is 163 cm³/mol. The van der Waals surface area contributed by atoms with Gasteiger partial charge in [0.15, 0.2) is 0 Å². The third kappa shape index (κ3) is 8.38. The second-order valence-corrected chi connectivity index (χ2v) is 12.6. The second-order valence-electron chi connectivity index (χ2n) is 9.85. The summed E-state index contributed by atoms with van der Waals surface area (Å²) < 4.78 is 34.0. The van der Waals surface area contributed by atoms with Gasteiger partial charge in [-0.15, -0.1) is 0 Å². The number of hydrogen-bond donors (Lipinski definition) is 1. The molecular formula is C30H35Cl2N3O5S. The largest absolute Gasteiger partial charge is 0.497 e. The Balaban J connectivity index is 2.07. The van der Waals surface area contributed by atoms with Crippen LogP contribution in [0.5, 0.6) is 5.75 Å². The number of halogens is 2. The third-order valence-electron chi connectivity index (χ3n) is 6.37. The van der Waals surface area contributed by atoms with Gasteiger partial charge < -0.3 is 15.0 Å². The molecule has 0 aromatic heterocycles. The Morgan fingerprint density at radius 2 is 1.63 bits per heavy atom. The smallest absolute Gasteiger partial charge is 0.264 e. The van der Waals surface area contributed by atoms with Crippen molar-refractivity contribution >= 4 is 50.7 Å². The van der Waals surface area contributed by atoms with Gasteiger partial charge in [-0.2, -0.15) is 0 Å². The van der Waals surface area contributed by atoms with E-state index < -0.39 is 28.5 Å². The van der Waals surface area contributed by atoms with E-state index in [1.54, 1.807) is 56.5 Å². The van der Waals surface area contributed by atoms with Crippen molar-refractivity contribution in [3.63, 3.8) is 0 Å². The molecule has 220 valence electrons. The molecule has 1 atom stereocenters. The minimum atomic E-state index is -4.25. The molecule has 0 aliphatic carbocycles. The Morgan fingerprint density at radius 3 is 2.22 bits per heavy atom. The van der Waals surface area contributed by atoms with E-state index in [9.17, 15) is 18.0 Å². The summed E-state index contributed by atoms with van der Waals surface area (Å²) in [6, 6.07) is 18.4. The lowest BCUT2D eigenvalue weighted by Crippen LogP contribution is -2.52. The quantitative estimate of drug-likeness (QED) is 0.262. The molecular weight excluding hydrogens is 585 g/mol. The summed E-state index contributed by atoms with van der Waals surface area (Å²) in [5.41, 5.74) is 0.797. The summed E-state index contributed by atoms with van der Waals surface area (Å²) in [7, 11) is -2.70. The molecule has 0 spiro atoms. The Kier molecular flexibility index (Phi) is 11.5. The van der Waals surface area contributed by atoms with Gasteiger partial charge in [0.1, 0.15) is 18.3 Å². The van der Waals surface area contributed by atoms with Crippen molar-refractivity contribution < 1.29 is 22.7 Å². The average molecular weight is 621 g/mol. The summed E-state index contributed by atoms with van der Waals surface area (Å²) >= 11 is 12.7. The first-order valence-corrected chi connectivity index (χ1v) is 15.4. The monoisotopic (exact) mass is 619 g/mol. The van der Waals surface area contributed by atoms with Gasteiger partial charge in [0.05, 0.1) is 22.7 Å². The number of methoxy groups -OCH3 is 1. The minimum Gasteiger partial charge on any atom is -0.497 e. The molecule has 2 amide bonds. The summed E-state index contributed by atoms with van der Waals surface area (Å²) in [4.78, 5) is 28.8. The van der Waals surface area contributed by atoms with Gasteiger partial charge in [0, 0.05) is 18.1 Å². The fourth-order valence-electron chi connectivity index (χ4n) is 4.18. The predicted octanol–water partition coefficient (Wildman–Crippen LogP) is 5.78. The molecule has 3 aromatic carbocycles. The van der Waals surface area contributed by atoms with Crippen molar-refractivity contribution in [1.29, 1.82) is 0 Å². The number of nitrogens with zero attached hydrogens (tertiary/aromatic N) is 2. The number of rotatable bonds is 13. The summed E-state index contributed by atoms with van der Waals surface area (Å²) in [6.07, 6.45) is 0.315. The van der Waals surface area contributed by atoms with Gasteiger partial charge >= 0.3 is 0 Å². The van der Waals surface area contributed by atoms with Crippen LogP contribution in [-0.4, -0.2) is 51.4 Å². The van der Waals surface area contributed by atoms with Crippen LogP contribution in [0.2, 0.25) is 10.0 Å². The molecule has 0 unspecified atom stereocenters. The molecule has 3 aromatic rings. The zero-order chi connectivity index (χ0) is 30.2. The minimum absolute atomic E-state index is 0.0211. The van der Waals surface area contributed by atoms with Gasteiger partial charge in [-0.25, -0.2) is 8.42 Å². The van der Waals surface area contributed by atoms with Crippen molar-refractivity contribution in [2.45, 2.75) is 44.7 Å². The average Bonchev–Trinajstić information content (AvgIpc) is 2.96. The molecule has 0 heterocycles. The molecule has 0 aliphatic heterocycles. The zero-order valence-electron chi connectivity index (χ0n) is 23.5. The van der Waals surface area contributed by atoms with Gasteiger partial charge in [-0.05, 0) is 60.4 Å². The molecule has 0 radical (unpaired) electrons. The maximum Gasteiger partial charge on any atom is 0.264 e. The van der Waals surface area contributed by atoms with Gasteiger partial charge in [-0.1, -0.05) is 74.3 Å². The summed E-state index contributed by atoms with van der Waals surface area (Å²) in [5.74, 6) is -0.0491. The summed E-state index contributed by atoms with van der Waals surface area (Å²) in [5, 5.41) is 3.26. The van der Waals surface area contributed by atoms with Crippen LogP contribution in [0.1, 0.15) is 32.8 Å². The molecule has 0 aliphatic rings. The van der Waals surface area contributed by atoms with Crippen LogP contribution in [0.15, 0.2) is 77.7 Å². The van der Waals surface area contributed by atoms with Crippen LogP contribution in [-0.2, 0) is 26.2 Å². The Morgan fingerprint density at radius 1 is 0.976 bits per heavy atom. The molecule has 11 heteroatoms. The lowest BCUT2D eigenvalue weighted by molar-refractivity contribution is -0.140. The van der Waals surface area contributed by atoms with E-state index in [4.69, 9.17) is 27.9 Å². The summed E-state index contributed by atoms with van der Waals surface area (Å²) in [6.45, 7) is 5.65. The highest BCUT2D eigenvalue weighted by Gasteiger charge is 2.34.